The van der Waals surface area contributed by atoms with E-state index in [9.17, 15) is 13.2 Å². The number of halogens is 3. The first-order chi connectivity index (χ1) is 7.65. The standard InChI is InChI=1S/C12H16F3NO/c1-4-11(2,3)17-10-6-5-8(7-9(10)16)12(13,14)15/h5-7H,4,16H2,1-3H3. The molecule has 0 aliphatic carbocycles. The Morgan fingerprint density at radius 3 is 2.24 bits per heavy atom. The fourth-order valence-electron chi connectivity index (χ4n) is 1.19. The molecule has 17 heavy (non-hydrogen) atoms. The van der Waals surface area contributed by atoms with Crippen molar-refractivity contribution in [3.8, 4) is 5.75 Å². The van der Waals surface area contributed by atoms with Gasteiger partial charge in [0, 0.05) is 0 Å². The van der Waals surface area contributed by atoms with Crippen molar-refractivity contribution in [3.63, 3.8) is 0 Å². The lowest BCUT2D eigenvalue weighted by Crippen LogP contribution is -2.27. The SMILES string of the molecule is CCC(C)(C)Oc1ccc(C(F)(F)F)cc1N. The van der Waals surface area contributed by atoms with Gasteiger partial charge in [-0.25, -0.2) is 0 Å². The van der Waals surface area contributed by atoms with E-state index in [0.717, 1.165) is 18.6 Å². The minimum absolute atomic E-state index is 0.00125. The number of nitrogens with two attached hydrogens (primary N) is 1. The molecule has 0 aliphatic heterocycles. The summed E-state index contributed by atoms with van der Waals surface area (Å²) in [6.07, 6.45) is -3.65. The minimum Gasteiger partial charge on any atom is -0.486 e. The summed E-state index contributed by atoms with van der Waals surface area (Å²) in [5.74, 6) is 0.282. The van der Waals surface area contributed by atoms with Crippen LogP contribution in [0.15, 0.2) is 18.2 Å². The Bertz CT molecular complexity index is 399. The molecule has 0 fully saturated rings. The molecule has 0 unspecified atom stereocenters. The number of ether oxygens (including phenoxy) is 1. The van der Waals surface area contributed by atoms with Crippen LogP contribution in [0.2, 0.25) is 0 Å². The average Bonchev–Trinajstić information content (AvgIpc) is 2.19. The average molecular weight is 247 g/mol. The maximum atomic E-state index is 12.4. The van der Waals surface area contributed by atoms with Crippen LogP contribution in [0.25, 0.3) is 0 Å². The van der Waals surface area contributed by atoms with Gasteiger partial charge in [0.2, 0.25) is 0 Å². The summed E-state index contributed by atoms with van der Waals surface area (Å²) in [6, 6.07) is 3.12. The molecule has 0 bridgehead atoms. The number of benzene rings is 1. The van der Waals surface area contributed by atoms with Gasteiger partial charge in [0.1, 0.15) is 11.4 Å². The first kappa shape index (κ1) is 13.7. The van der Waals surface area contributed by atoms with E-state index < -0.39 is 17.3 Å². The Balaban J connectivity index is 2.99. The zero-order valence-corrected chi connectivity index (χ0v) is 10.1. The summed E-state index contributed by atoms with van der Waals surface area (Å²) in [6.45, 7) is 5.63. The molecule has 0 amide bonds. The molecule has 0 aliphatic rings. The first-order valence-corrected chi connectivity index (χ1v) is 5.31. The molecule has 1 rings (SSSR count). The Morgan fingerprint density at radius 2 is 1.82 bits per heavy atom. The van der Waals surface area contributed by atoms with E-state index in [1.807, 2.05) is 20.8 Å². The van der Waals surface area contributed by atoms with Crippen molar-refractivity contribution in [1.29, 1.82) is 0 Å². The molecular formula is C12H16F3NO. The molecule has 0 aromatic heterocycles. The van der Waals surface area contributed by atoms with Crippen molar-refractivity contribution in [2.24, 2.45) is 0 Å². The third kappa shape index (κ3) is 3.54. The van der Waals surface area contributed by atoms with E-state index in [2.05, 4.69) is 0 Å². The van der Waals surface area contributed by atoms with Gasteiger partial charge < -0.3 is 10.5 Å². The topological polar surface area (TPSA) is 35.2 Å². The first-order valence-electron chi connectivity index (χ1n) is 5.31. The fraction of sp³-hybridized carbons (Fsp3) is 0.500. The van der Waals surface area contributed by atoms with E-state index in [1.54, 1.807) is 0 Å². The van der Waals surface area contributed by atoms with Crippen molar-refractivity contribution in [3.05, 3.63) is 23.8 Å². The Hall–Kier alpha value is -1.39. The second-order valence-electron chi connectivity index (χ2n) is 4.47. The van der Waals surface area contributed by atoms with Crippen LogP contribution in [0.3, 0.4) is 0 Å². The highest BCUT2D eigenvalue weighted by molar-refractivity contribution is 5.55. The monoisotopic (exact) mass is 247 g/mol. The molecule has 2 N–H and O–H groups in total. The van der Waals surface area contributed by atoms with Crippen LogP contribution in [0, 0.1) is 0 Å². The highest BCUT2D eigenvalue weighted by atomic mass is 19.4. The van der Waals surface area contributed by atoms with Crippen molar-refractivity contribution < 1.29 is 17.9 Å². The molecule has 0 atom stereocenters. The molecule has 1 aromatic rings. The summed E-state index contributed by atoms with van der Waals surface area (Å²) in [4.78, 5) is 0. The molecule has 96 valence electrons. The molecule has 0 radical (unpaired) electrons. The Labute approximate surface area is 98.6 Å². The molecular weight excluding hydrogens is 231 g/mol. The summed E-state index contributed by atoms with van der Waals surface area (Å²) in [5, 5.41) is 0. The minimum atomic E-state index is -4.38. The molecule has 0 spiro atoms. The van der Waals surface area contributed by atoms with Crippen LogP contribution >= 0.6 is 0 Å². The van der Waals surface area contributed by atoms with Gasteiger partial charge in [0.25, 0.3) is 0 Å². The summed E-state index contributed by atoms with van der Waals surface area (Å²) >= 11 is 0. The lowest BCUT2D eigenvalue weighted by molar-refractivity contribution is -0.137. The van der Waals surface area contributed by atoms with Gasteiger partial charge in [-0.2, -0.15) is 13.2 Å². The highest BCUT2D eigenvalue weighted by Gasteiger charge is 2.31. The van der Waals surface area contributed by atoms with E-state index in [4.69, 9.17) is 10.5 Å². The molecule has 1 aromatic carbocycles. The number of hydrogen-bond donors (Lipinski definition) is 1. The third-order valence-corrected chi connectivity index (χ3v) is 2.57. The maximum Gasteiger partial charge on any atom is 0.416 e. The summed E-state index contributed by atoms with van der Waals surface area (Å²) in [5.41, 5.74) is 4.34. The Kier molecular flexibility index (Phi) is 3.59. The number of rotatable bonds is 3. The van der Waals surface area contributed by atoms with E-state index in [0.29, 0.717) is 0 Å². The normalized spacial score (nSPS) is 12.6. The van der Waals surface area contributed by atoms with E-state index in [-0.39, 0.29) is 11.4 Å². The number of alkyl halides is 3. The largest absolute Gasteiger partial charge is 0.486 e. The van der Waals surface area contributed by atoms with Crippen LogP contribution < -0.4 is 10.5 Å². The lowest BCUT2D eigenvalue weighted by Gasteiger charge is -2.26. The highest BCUT2D eigenvalue weighted by Crippen LogP contribution is 2.35. The van der Waals surface area contributed by atoms with Gasteiger partial charge >= 0.3 is 6.18 Å². The zero-order chi connectivity index (χ0) is 13.3. The molecule has 5 heteroatoms. The third-order valence-electron chi connectivity index (χ3n) is 2.57. The van der Waals surface area contributed by atoms with Crippen molar-refractivity contribution in [2.45, 2.75) is 39.0 Å². The van der Waals surface area contributed by atoms with Crippen LogP contribution in [0.4, 0.5) is 18.9 Å². The van der Waals surface area contributed by atoms with Gasteiger partial charge in [0.05, 0.1) is 11.3 Å². The number of nitrogen functional groups attached to an aromatic ring is 1. The zero-order valence-electron chi connectivity index (χ0n) is 10.1. The molecule has 0 heterocycles. The molecule has 0 saturated heterocycles. The quantitative estimate of drug-likeness (QED) is 0.823. The molecule has 2 nitrogen and oxygen atoms in total. The second-order valence-corrected chi connectivity index (χ2v) is 4.47. The lowest BCUT2D eigenvalue weighted by atomic mass is 10.1. The predicted octanol–water partition coefficient (Wildman–Crippen LogP) is 3.86. The van der Waals surface area contributed by atoms with Gasteiger partial charge in [-0.3, -0.25) is 0 Å². The summed E-state index contributed by atoms with van der Waals surface area (Å²) < 4.78 is 42.8. The van der Waals surface area contributed by atoms with Crippen LogP contribution in [-0.2, 0) is 6.18 Å². The van der Waals surface area contributed by atoms with Gasteiger partial charge in [-0.15, -0.1) is 0 Å². The van der Waals surface area contributed by atoms with E-state index in [1.165, 1.54) is 6.07 Å². The predicted molar refractivity (Wildman–Crippen MR) is 60.9 cm³/mol. The summed E-state index contributed by atoms with van der Waals surface area (Å²) in [7, 11) is 0. The smallest absolute Gasteiger partial charge is 0.416 e. The van der Waals surface area contributed by atoms with Crippen LogP contribution in [0.1, 0.15) is 32.8 Å². The Morgan fingerprint density at radius 1 is 1.24 bits per heavy atom. The van der Waals surface area contributed by atoms with Crippen molar-refractivity contribution >= 4 is 5.69 Å². The maximum absolute atomic E-state index is 12.4. The van der Waals surface area contributed by atoms with E-state index >= 15 is 0 Å². The van der Waals surface area contributed by atoms with Gasteiger partial charge in [-0.1, -0.05) is 6.92 Å². The van der Waals surface area contributed by atoms with Crippen LogP contribution in [0.5, 0.6) is 5.75 Å². The number of anilines is 1. The van der Waals surface area contributed by atoms with Crippen molar-refractivity contribution in [2.75, 3.05) is 5.73 Å². The fourth-order valence-corrected chi connectivity index (χ4v) is 1.19. The van der Waals surface area contributed by atoms with Crippen LogP contribution in [-0.4, -0.2) is 5.60 Å². The van der Waals surface area contributed by atoms with Crippen molar-refractivity contribution in [1.82, 2.24) is 0 Å². The van der Waals surface area contributed by atoms with Gasteiger partial charge in [-0.05, 0) is 38.5 Å². The molecule has 0 saturated carbocycles. The number of hydrogen-bond acceptors (Lipinski definition) is 2. The second kappa shape index (κ2) is 4.47. The van der Waals surface area contributed by atoms with Gasteiger partial charge in [0.15, 0.2) is 0 Å².